The Morgan fingerprint density at radius 1 is 0.880 bits per heavy atom. The van der Waals surface area contributed by atoms with Gasteiger partial charge in [0.05, 0.1) is 5.57 Å². The van der Waals surface area contributed by atoms with Gasteiger partial charge in [-0.1, -0.05) is 63.9 Å². The lowest BCUT2D eigenvalue weighted by molar-refractivity contribution is 0.0987. The normalized spacial score (nSPS) is 15.7. The minimum Gasteiger partial charge on any atom is -0.457 e. The minimum absolute atomic E-state index is 0.128. The first-order chi connectivity index (χ1) is 12.1. The van der Waals surface area contributed by atoms with Crippen molar-refractivity contribution in [2.75, 3.05) is 0 Å². The van der Waals surface area contributed by atoms with Crippen molar-refractivity contribution in [3.8, 4) is 0 Å². The molecule has 0 bridgehead atoms. The molecule has 0 amide bonds. The molecule has 1 aromatic rings. The van der Waals surface area contributed by atoms with Gasteiger partial charge in [-0.25, -0.2) is 0 Å². The van der Waals surface area contributed by atoms with E-state index in [1.165, 1.54) is 12.2 Å². The molecule has 2 aliphatic rings. The van der Waals surface area contributed by atoms with Crippen LogP contribution < -0.4 is 0 Å². The maximum atomic E-state index is 12.7. The molecule has 0 fully saturated rings. The molecular weight excluding hydrogens is 312 g/mol. The Morgan fingerprint density at radius 2 is 1.44 bits per heavy atom. The fourth-order valence-corrected chi connectivity index (χ4v) is 2.73. The Kier molecular flexibility index (Phi) is 5.50. The van der Waals surface area contributed by atoms with Gasteiger partial charge in [-0.2, -0.15) is 0 Å². The van der Waals surface area contributed by atoms with Crippen molar-refractivity contribution in [2.45, 2.75) is 13.8 Å². The Balaban J connectivity index is 0.00000109. The monoisotopic (exact) mass is 332 g/mol. The first-order valence-electron chi connectivity index (χ1n) is 8.06. The number of hydrogen-bond acceptors (Lipinski definition) is 3. The van der Waals surface area contributed by atoms with Crippen molar-refractivity contribution < 1.29 is 14.3 Å². The number of Topliss-reactive ketones (excluding diaryl/α,β-unsaturated/α-hetero) is 2. The van der Waals surface area contributed by atoms with Crippen LogP contribution in [-0.2, 0) is 4.74 Å². The molecule has 126 valence electrons. The van der Waals surface area contributed by atoms with Crippen molar-refractivity contribution in [3.05, 3.63) is 108 Å². The molecule has 0 N–H and O–H groups in total. The first kappa shape index (κ1) is 18.1. The summed E-state index contributed by atoms with van der Waals surface area (Å²) in [5.74, 6) is 0.316. The van der Waals surface area contributed by atoms with Crippen LogP contribution in [0.2, 0.25) is 0 Å². The summed E-state index contributed by atoms with van der Waals surface area (Å²) in [5, 5.41) is 0. The summed E-state index contributed by atoms with van der Waals surface area (Å²) >= 11 is 0. The van der Waals surface area contributed by atoms with E-state index in [9.17, 15) is 9.59 Å². The van der Waals surface area contributed by atoms with Crippen LogP contribution in [0.3, 0.4) is 0 Å². The summed E-state index contributed by atoms with van der Waals surface area (Å²) in [5.41, 5.74) is 2.02. The number of carbonyl (C=O) groups is 2. The Morgan fingerprint density at radius 3 is 1.88 bits per heavy atom. The summed E-state index contributed by atoms with van der Waals surface area (Å²) < 4.78 is 5.60. The third kappa shape index (κ3) is 2.96. The molecule has 3 nitrogen and oxygen atoms in total. The number of rotatable bonds is 3. The maximum Gasteiger partial charge on any atom is 0.198 e. The highest BCUT2D eigenvalue weighted by atomic mass is 16.5. The molecule has 1 heterocycles. The van der Waals surface area contributed by atoms with E-state index in [-0.39, 0.29) is 17.1 Å². The zero-order valence-electron chi connectivity index (χ0n) is 14.5. The standard InChI is InChI=1S/C20H14O3.C2H6/c1-4-12-11-16(13(5-2)17(6-3)23-12)18-19(21)14-9-7-8-10-15(14)20(18)22;1-2/h4-11H,1-3H2;1-2H3. The van der Waals surface area contributed by atoms with Crippen LogP contribution in [0.5, 0.6) is 0 Å². The number of ether oxygens (including phenoxy) is 1. The van der Waals surface area contributed by atoms with Gasteiger partial charge in [0.1, 0.15) is 11.5 Å². The summed E-state index contributed by atoms with van der Waals surface area (Å²) in [6, 6.07) is 6.80. The van der Waals surface area contributed by atoms with Gasteiger partial charge in [-0.15, -0.1) is 0 Å². The highest BCUT2D eigenvalue weighted by molar-refractivity contribution is 6.40. The van der Waals surface area contributed by atoms with Crippen LogP contribution in [0.25, 0.3) is 0 Å². The van der Waals surface area contributed by atoms with E-state index >= 15 is 0 Å². The average Bonchev–Trinajstić information content (AvgIpc) is 2.93. The number of fused-ring (bicyclic) bond motifs is 1. The SMILES string of the molecule is C=CC1=CC(=C2C(=O)c3ccccc3C2=O)C(C=C)=C(C=C)O1.CC. The third-order valence-electron chi connectivity index (χ3n) is 3.80. The zero-order valence-corrected chi connectivity index (χ0v) is 14.5. The van der Waals surface area contributed by atoms with Crippen LogP contribution >= 0.6 is 0 Å². The van der Waals surface area contributed by atoms with Gasteiger partial charge < -0.3 is 4.74 Å². The van der Waals surface area contributed by atoms with E-state index in [0.29, 0.717) is 33.8 Å². The molecule has 3 heteroatoms. The van der Waals surface area contributed by atoms with Gasteiger partial charge in [0.25, 0.3) is 0 Å². The zero-order chi connectivity index (χ0) is 18.6. The molecule has 1 aliphatic heterocycles. The van der Waals surface area contributed by atoms with E-state index < -0.39 is 0 Å². The molecular formula is C22H20O3. The Labute approximate surface area is 148 Å². The number of benzene rings is 1. The van der Waals surface area contributed by atoms with Crippen LogP contribution in [-0.4, -0.2) is 11.6 Å². The molecule has 1 aromatic carbocycles. The van der Waals surface area contributed by atoms with E-state index in [0.717, 1.165) is 0 Å². The Hall–Kier alpha value is -3.20. The van der Waals surface area contributed by atoms with Gasteiger partial charge in [-0.05, 0) is 18.2 Å². The van der Waals surface area contributed by atoms with Gasteiger partial charge in [-0.3, -0.25) is 9.59 Å². The number of carbonyl (C=O) groups excluding carboxylic acids is 2. The van der Waals surface area contributed by atoms with Crippen LogP contribution in [0.1, 0.15) is 34.6 Å². The fourth-order valence-electron chi connectivity index (χ4n) is 2.73. The number of allylic oxidation sites excluding steroid dienone is 7. The van der Waals surface area contributed by atoms with E-state index in [1.807, 2.05) is 13.8 Å². The second-order valence-corrected chi connectivity index (χ2v) is 5.03. The molecule has 0 atom stereocenters. The van der Waals surface area contributed by atoms with Crippen LogP contribution in [0.15, 0.2) is 96.5 Å². The largest absolute Gasteiger partial charge is 0.457 e. The highest BCUT2D eigenvalue weighted by Crippen LogP contribution is 2.36. The van der Waals surface area contributed by atoms with Gasteiger partial charge >= 0.3 is 0 Å². The summed E-state index contributed by atoms with van der Waals surface area (Å²) in [6.45, 7) is 15.1. The van der Waals surface area contributed by atoms with Crippen molar-refractivity contribution >= 4 is 11.6 Å². The molecule has 0 saturated heterocycles. The lowest BCUT2D eigenvalue weighted by atomic mass is 9.93. The van der Waals surface area contributed by atoms with Crippen molar-refractivity contribution in [3.63, 3.8) is 0 Å². The van der Waals surface area contributed by atoms with E-state index in [1.54, 1.807) is 36.4 Å². The van der Waals surface area contributed by atoms with Crippen molar-refractivity contribution in [1.29, 1.82) is 0 Å². The molecule has 1 aliphatic carbocycles. The van der Waals surface area contributed by atoms with Gasteiger partial charge in [0, 0.05) is 22.3 Å². The predicted molar refractivity (Wildman–Crippen MR) is 100 cm³/mol. The van der Waals surface area contributed by atoms with Gasteiger partial charge in [0.2, 0.25) is 0 Å². The average molecular weight is 332 g/mol. The quantitative estimate of drug-likeness (QED) is 0.570. The van der Waals surface area contributed by atoms with Crippen molar-refractivity contribution in [1.82, 2.24) is 0 Å². The topological polar surface area (TPSA) is 43.4 Å². The molecule has 0 spiro atoms. The molecule has 25 heavy (non-hydrogen) atoms. The molecule has 0 unspecified atom stereocenters. The second kappa shape index (κ2) is 7.58. The molecule has 0 aromatic heterocycles. The fraction of sp³-hybridized carbons (Fsp3) is 0.0909. The lowest BCUT2D eigenvalue weighted by Gasteiger charge is -2.19. The molecule has 0 radical (unpaired) electrons. The third-order valence-corrected chi connectivity index (χ3v) is 3.80. The van der Waals surface area contributed by atoms with Crippen molar-refractivity contribution in [2.24, 2.45) is 0 Å². The van der Waals surface area contributed by atoms with E-state index in [2.05, 4.69) is 19.7 Å². The van der Waals surface area contributed by atoms with E-state index in [4.69, 9.17) is 4.74 Å². The predicted octanol–water partition coefficient (Wildman–Crippen LogP) is 5.11. The molecule has 3 rings (SSSR count). The maximum absolute atomic E-state index is 12.7. The highest BCUT2D eigenvalue weighted by Gasteiger charge is 2.36. The second-order valence-electron chi connectivity index (χ2n) is 5.03. The van der Waals surface area contributed by atoms with Crippen LogP contribution in [0, 0.1) is 0 Å². The summed E-state index contributed by atoms with van der Waals surface area (Å²) in [4.78, 5) is 25.4. The number of hydrogen-bond donors (Lipinski definition) is 0. The smallest absolute Gasteiger partial charge is 0.198 e. The minimum atomic E-state index is -0.287. The summed E-state index contributed by atoms with van der Waals surface area (Å²) in [7, 11) is 0. The lowest BCUT2D eigenvalue weighted by Crippen LogP contribution is -2.10. The first-order valence-corrected chi connectivity index (χ1v) is 8.06. The van der Waals surface area contributed by atoms with Gasteiger partial charge in [0.15, 0.2) is 11.6 Å². The number of ketones is 2. The summed E-state index contributed by atoms with van der Waals surface area (Å²) in [6.07, 6.45) is 6.22. The molecule has 0 saturated carbocycles. The Bertz CT molecular complexity index is 839. The van der Waals surface area contributed by atoms with Crippen LogP contribution in [0.4, 0.5) is 0 Å².